The Labute approximate surface area is 119 Å². The number of ether oxygens (including phenoxy) is 2. The SMILES string of the molecule is COc1ccc(OC)c(/C=C(/C#N)C(=O)C(C)(C)C)c1. The molecule has 0 aromatic heterocycles. The van der Waals surface area contributed by atoms with E-state index in [2.05, 4.69) is 0 Å². The van der Waals surface area contributed by atoms with Crippen molar-refractivity contribution in [3.63, 3.8) is 0 Å². The van der Waals surface area contributed by atoms with Crippen molar-refractivity contribution in [3.05, 3.63) is 29.3 Å². The number of hydrogen-bond acceptors (Lipinski definition) is 4. The van der Waals surface area contributed by atoms with Crippen LogP contribution in [0.2, 0.25) is 0 Å². The Kier molecular flexibility index (Phi) is 4.93. The molecule has 4 nitrogen and oxygen atoms in total. The summed E-state index contributed by atoms with van der Waals surface area (Å²) in [5.41, 5.74) is 0.137. The molecule has 0 saturated heterocycles. The Hall–Kier alpha value is -2.28. The molecule has 0 saturated carbocycles. The molecule has 0 aliphatic rings. The summed E-state index contributed by atoms with van der Waals surface area (Å²) in [6.45, 7) is 5.34. The second kappa shape index (κ2) is 6.25. The number of nitrogens with zero attached hydrogens (tertiary/aromatic N) is 1. The van der Waals surface area contributed by atoms with Gasteiger partial charge in [0.25, 0.3) is 0 Å². The zero-order valence-electron chi connectivity index (χ0n) is 12.5. The van der Waals surface area contributed by atoms with Gasteiger partial charge in [-0.15, -0.1) is 0 Å². The number of Topliss-reactive ketones (excluding diaryl/α,β-unsaturated/α-hetero) is 1. The van der Waals surface area contributed by atoms with Gasteiger partial charge in [-0.3, -0.25) is 4.79 Å². The first-order chi connectivity index (χ1) is 9.33. The summed E-state index contributed by atoms with van der Waals surface area (Å²) < 4.78 is 10.4. The largest absolute Gasteiger partial charge is 0.497 e. The van der Waals surface area contributed by atoms with Crippen molar-refractivity contribution in [2.24, 2.45) is 5.41 Å². The van der Waals surface area contributed by atoms with Gasteiger partial charge < -0.3 is 9.47 Å². The van der Waals surface area contributed by atoms with Crippen LogP contribution >= 0.6 is 0 Å². The van der Waals surface area contributed by atoms with Crippen molar-refractivity contribution in [1.29, 1.82) is 5.26 Å². The fraction of sp³-hybridized carbons (Fsp3) is 0.375. The van der Waals surface area contributed by atoms with Crippen LogP contribution in [0, 0.1) is 16.7 Å². The van der Waals surface area contributed by atoms with E-state index < -0.39 is 5.41 Å². The molecule has 0 N–H and O–H groups in total. The summed E-state index contributed by atoms with van der Waals surface area (Å²) >= 11 is 0. The summed E-state index contributed by atoms with van der Waals surface area (Å²) in [5.74, 6) is 1.02. The molecule has 1 aromatic carbocycles. The molecular weight excluding hydrogens is 254 g/mol. The zero-order valence-corrected chi connectivity index (χ0v) is 12.5. The minimum absolute atomic E-state index is 0.101. The third-order valence-electron chi connectivity index (χ3n) is 2.78. The predicted molar refractivity (Wildman–Crippen MR) is 77.6 cm³/mol. The van der Waals surface area contributed by atoms with Gasteiger partial charge >= 0.3 is 0 Å². The average Bonchev–Trinajstić information content (AvgIpc) is 2.42. The first-order valence-electron chi connectivity index (χ1n) is 6.22. The second-order valence-electron chi connectivity index (χ2n) is 5.36. The Balaban J connectivity index is 3.32. The fourth-order valence-electron chi connectivity index (χ4n) is 1.66. The van der Waals surface area contributed by atoms with Gasteiger partial charge in [0.15, 0.2) is 5.78 Å². The Morgan fingerprint density at radius 2 is 1.90 bits per heavy atom. The molecule has 0 spiro atoms. The lowest BCUT2D eigenvalue weighted by molar-refractivity contribution is -0.121. The van der Waals surface area contributed by atoms with Gasteiger partial charge in [0.05, 0.1) is 19.8 Å². The van der Waals surface area contributed by atoms with Crippen molar-refractivity contribution < 1.29 is 14.3 Å². The van der Waals surface area contributed by atoms with Crippen molar-refractivity contribution in [2.75, 3.05) is 14.2 Å². The lowest BCUT2D eigenvalue weighted by atomic mass is 9.86. The van der Waals surface area contributed by atoms with Crippen molar-refractivity contribution in [3.8, 4) is 17.6 Å². The normalized spacial score (nSPS) is 11.7. The number of carbonyl (C=O) groups is 1. The maximum atomic E-state index is 12.2. The van der Waals surface area contributed by atoms with Gasteiger partial charge in [-0.05, 0) is 24.3 Å². The number of ketones is 1. The van der Waals surface area contributed by atoms with E-state index >= 15 is 0 Å². The molecule has 0 fully saturated rings. The van der Waals surface area contributed by atoms with Crippen LogP contribution < -0.4 is 9.47 Å². The second-order valence-corrected chi connectivity index (χ2v) is 5.36. The Bertz CT molecular complexity index is 574. The van der Waals surface area contributed by atoms with Crippen LogP contribution in [-0.4, -0.2) is 20.0 Å². The number of benzene rings is 1. The quantitative estimate of drug-likeness (QED) is 0.624. The maximum absolute atomic E-state index is 12.2. The highest BCUT2D eigenvalue weighted by molar-refractivity contribution is 6.06. The van der Waals surface area contributed by atoms with Gasteiger partial charge in [0, 0.05) is 11.0 Å². The first-order valence-corrected chi connectivity index (χ1v) is 6.22. The highest BCUT2D eigenvalue weighted by Gasteiger charge is 2.25. The summed E-state index contributed by atoms with van der Waals surface area (Å²) in [6, 6.07) is 7.18. The van der Waals surface area contributed by atoms with Crippen LogP contribution in [0.25, 0.3) is 6.08 Å². The first kappa shape index (κ1) is 15.8. The summed E-state index contributed by atoms with van der Waals surface area (Å²) in [5, 5.41) is 9.20. The topological polar surface area (TPSA) is 59.3 Å². The molecule has 106 valence electrons. The minimum atomic E-state index is -0.604. The summed E-state index contributed by atoms with van der Waals surface area (Å²) in [7, 11) is 3.09. The molecule has 0 aliphatic carbocycles. The van der Waals surface area contributed by atoms with Gasteiger partial charge in [0.1, 0.15) is 17.6 Å². The molecule has 0 heterocycles. The van der Waals surface area contributed by atoms with E-state index in [-0.39, 0.29) is 11.4 Å². The zero-order chi connectivity index (χ0) is 15.3. The van der Waals surface area contributed by atoms with E-state index in [9.17, 15) is 10.1 Å². The molecule has 0 unspecified atom stereocenters. The Morgan fingerprint density at radius 1 is 1.25 bits per heavy atom. The third-order valence-corrected chi connectivity index (χ3v) is 2.78. The number of allylic oxidation sites excluding steroid dienone is 1. The predicted octanol–water partition coefficient (Wildman–Crippen LogP) is 3.23. The van der Waals surface area contributed by atoms with E-state index in [0.29, 0.717) is 17.1 Å². The van der Waals surface area contributed by atoms with Crippen LogP contribution in [0.4, 0.5) is 0 Å². The molecule has 0 amide bonds. The maximum Gasteiger partial charge on any atom is 0.178 e. The molecule has 1 aromatic rings. The molecule has 0 atom stereocenters. The van der Waals surface area contributed by atoms with E-state index in [1.165, 1.54) is 13.2 Å². The fourth-order valence-corrected chi connectivity index (χ4v) is 1.66. The summed E-state index contributed by atoms with van der Waals surface area (Å²) in [6.07, 6.45) is 1.54. The Morgan fingerprint density at radius 3 is 2.35 bits per heavy atom. The van der Waals surface area contributed by atoms with E-state index in [4.69, 9.17) is 9.47 Å². The smallest absolute Gasteiger partial charge is 0.178 e. The highest BCUT2D eigenvalue weighted by atomic mass is 16.5. The van der Waals surface area contributed by atoms with Crippen LogP contribution in [0.5, 0.6) is 11.5 Å². The van der Waals surface area contributed by atoms with E-state index in [0.717, 1.165) is 0 Å². The highest BCUT2D eigenvalue weighted by Crippen LogP contribution is 2.28. The molecule has 20 heavy (non-hydrogen) atoms. The number of carbonyl (C=O) groups excluding carboxylic acids is 1. The number of rotatable bonds is 4. The van der Waals surface area contributed by atoms with Crippen molar-refractivity contribution >= 4 is 11.9 Å². The molecule has 0 radical (unpaired) electrons. The molecule has 0 bridgehead atoms. The number of hydrogen-bond donors (Lipinski definition) is 0. The van der Waals surface area contributed by atoms with Crippen LogP contribution in [0.15, 0.2) is 23.8 Å². The van der Waals surface area contributed by atoms with Crippen LogP contribution in [-0.2, 0) is 4.79 Å². The van der Waals surface area contributed by atoms with Crippen molar-refractivity contribution in [1.82, 2.24) is 0 Å². The average molecular weight is 273 g/mol. The minimum Gasteiger partial charge on any atom is -0.497 e. The van der Waals surface area contributed by atoms with Gasteiger partial charge in [-0.2, -0.15) is 5.26 Å². The van der Waals surface area contributed by atoms with Crippen LogP contribution in [0.3, 0.4) is 0 Å². The van der Waals surface area contributed by atoms with E-state index in [1.54, 1.807) is 46.1 Å². The van der Waals surface area contributed by atoms with Gasteiger partial charge in [-0.25, -0.2) is 0 Å². The van der Waals surface area contributed by atoms with Gasteiger partial charge in [-0.1, -0.05) is 20.8 Å². The molecular formula is C16H19NO3. The summed E-state index contributed by atoms with van der Waals surface area (Å²) in [4.78, 5) is 12.2. The number of nitriles is 1. The molecule has 0 aliphatic heterocycles. The van der Waals surface area contributed by atoms with Crippen LogP contribution in [0.1, 0.15) is 26.3 Å². The van der Waals surface area contributed by atoms with E-state index in [1.807, 2.05) is 6.07 Å². The lowest BCUT2D eigenvalue weighted by Crippen LogP contribution is -2.21. The third kappa shape index (κ3) is 3.61. The van der Waals surface area contributed by atoms with Gasteiger partial charge in [0.2, 0.25) is 0 Å². The molecule has 4 heteroatoms. The number of methoxy groups -OCH3 is 2. The lowest BCUT2D eigenvalue weighted by Gasteiger charge is -2.16. The van der Waals surface area contributed by atoms with Crippen molar-refractivity contribution in [2.45, 2.75) is 20.8 Å². The monoisotopic (exact) mass is 273 g/mol. The molecule has 1 rings (SSSR count). The standard InChI is InChI=1S/C16H19NO3/c1-16(2,3)15(18)12(10-17)8-11-9-13(19-4)6-7-14(11)20-5/h6-9H,1-5H3/b12-8-.